The van der Waals surface area contributed by atoms with Gasteiger partial charge in [-0.15, -0.1) is 0 Å². The highest BCUT2D eigenvalue weighted by Crippen LogP contribution is 2.30. The van der Waals surface area contributed by atoms with Crippen molar-refractivity contribution in [2.45, 2.75) is 267 Å². The Morgan fingerprint density at radius 3 is 1.52 bits per heavy atom. The molecule has 0 aromatic carbocycles. The molecular formula is C52H95NO13. The second kappa shape index (κ2) is 39.0. The molecule has 2 aliphatic heterocycles. The van der Waals surface area contributed by atoms with Gasteiger partial charge in [0.1, 0.15) is 48.8 Å². The summed E-state index contributed by atoms with van der Waals surface area (Å²) in [7, 11) is 0. The molecule has 0 spiro atoms. The van der Waals surface area contributed by atoms with Crippen LogP contribution in [0.25, 0.3) is 0 Å². The van der Waals surface area contributed by atoms with Gasteiger partial charge in [-0.25, -0.2) is 0 Å². The molecule has 2 aliphatic rings. The highest BCUT2D eigenvalue weighted by molar-refractivity contribution is 5.76. The van der Waals surface area contributed by atoms with Gasteiger partial charge in [-0.05, 0) is 51.4 Å². The topological polar surface area (TPSA) is 228 Å². The summed E-state index contributed by atoms with van der Waals surface area (Å²) in [5, 5.41) is 86.7. The molecule has 0 aromatic heterocycles. The van der Waals surface area contributed by atoms with Gasteiger partial charge in [-0.1, -0.05) is 172 Å². The van der Waals surface area contributed by atoms with Gasteiger partial charge < -0.3 is 65.1 Å². The molecule has 0 aromatic rings. The van der Waals surface area contributed by atoms with E-state index in [0.717, 1.165) is 51.4 Å². The molecule has 386 valence electrons. The number of ether oxygens (including phenoxy) is 4. The third-order valence-corrected chi connectivity index (χ3v) is 12.8. The Hall–Kier alpha value is -1.79. The van der Waals surface area contributed by atoms with E-state index in [1.165, 1.54) is 116 Å². The summed E-state index contributed by atoms with van der Waals surface area (Å²) < 4.78 is 22.7. The minimum Gasteiger partial charge on any atom is -0.394 e. The molecule has 1 amide bonds. The maximum absolute atomic E-state index is 13.2. The van der Waals surface area contributed by atoms with E-state index in [-0.39, 0.29) is 18.9 Å². The van der Waals surface area contributed by atoms with Crippen LogP contribution in [0.4, 0.5) is 0 Å². The van der Waals surface area contributed by atoms with E-state index in [4.69, 9.17) is 18.9 Å². The predicted octanol–water partition coefficient (Wildman–Crippen LogP) is 7.10. The summed E-state index contributed by atoms with van der Waals surface area (Å²) in [5.41, 5.74) is 0. The molecule has 0 saturated carbocycles. The third-order valence-electron chi connectivity index (χ3n) is 12.8. The van der Waals surface area contributed by atoms with Crippen LogP contribution in [-0.4, -0.2) is 140 Å². The molecule has 2 heterocycles. The molecule has 2 fully saturated rings. The van der Waals surface area contributed by atoms with Crippen molar-refractivity contribution in [1.82, 2.24) is 5.32 Å². The highest BCUT2D eigenvalue weighted by atomic mass is 16.7. The molecule has 0 aliphatic carbocycles. The molecule has 2 rings (SSSR count). The van der Waals surface area contributed by atoms with Crippen molar-refractivity contribution in [3.05, 3.63) is 36.5 Å². The van der Waals surface area contributed by atoms with Crippen LogP contribution in [-0.2, 0) is 23.7 Å². The maximum Gasteiger partial charge on any atom is 0.220 e. The standard InChI is InChI=1S/C52H95NO13/c1-3-5-7-9-11-13-15-16-17-18-19-20-21-22-23-24-26-28-30-32-34-36-44(57)53-40(41(56)35-33-31-29-27-25-14-12-10-8-6-4-2)39-63-51-49(62)47(60)50(43(38-55)65-51)66-52-48(61)46(59)45(58)42(37-54)64-52/h15-16,18-19,33,35,40-43,45-52,54-56,58-62H,3-14,17,20-32,34,36-39H2,1-2H3,(H,53,57)/b16-15-,19-18-,35-33+. The number of aliphatic hydroxyl groups is 8. The van der Waals surface area contributed by atoms with Gasteiger partial charge >= 0.3 is 0 Å². The van der Waals surface area contributed by atoms with Crippen LogP contribution >= 0.6 is 0 Å². The van der Waals surface area contributed by atoms with E-state index >= 15 is 0 Å². The van der Waals surface area contributed by atoms with Gasteiger partial charge in [0, 0.05) is 6.42 Å². The van der Waals surface area contributed by atoms with Gasteiger partial charge in [0.05, 0.1) is 32.0 Å². The van der Waals surface area contributed by atoms with Crippen molar-refractivity contribution in [2.75, 3.05) is 19.8 Å². The van der Waals surface area contributed by atoms with E-state index in [1.807, 2.05) is 6.08 Å². The largest absolute Gasteiger partial charge is 0.394 e. The zero-order valence-corrected chi connectivity index (χ0v) is 40.9. The van der Waals surface area contributed by atoms with Crippen LogP contribution in [0.1, 0.15) is 194 Å². The first-order valence-electron chi connectivity index (χ1n) is 26.2. The van der Waals surface area contributed by atoms with Gasteiger partial charge in [0.25, 0.3) is 0 Å². The molecule has 66 heavy (non-hydrogen) atoms. The lowest BCUT2D eigenvalue weighted by Crippen LogP contribution is -2.65. The average molecular weight is 942 g/mol. The van der Waals surface area contributed by atoms with Gasteiger partial charge in [-0.2, -0.15) is 0 Å². The van der Waals surface area contributed by atoms with Crippen LogP contribution in [0.2, 0.25) is 0 Å². The molecule has 2 saturated heterocycles. The van der Waals surface area contributed by atoms with Gasteiger partial charge in [0.2, 0.25) is 5.91 Å². The van der Waals surface area contributed by atoms with Gasteiger partial charge in [0.15, 0.2) is 12.6 Å². The minimum atomic E-state index is -1.79. The predicted molar refractivity (Wildman–Crippen MR) is 258 cm³/mol. The zero-order valence-electron chi connectivity index (χ0n) is 40.9. The molecule has 12 atom stereocenters. The monoisotopic (exact) mass is 942 g/mol. The Kier molecular flexibility index (Phi) is 35.6. The lowest BCUT2D eigenvalue weighted by Gasteiger charge is -2.46. The minimum absolute atomic E-state index is 0.246. The second-order valence-electron chi connectivity index (χ2n) is 18.6. The first-order valence-corrected chi connectivity index (χ1v) is 26.2. The summed E-state index contributed by atoms with van der Waals surface area (Å²) in [6.45, 7) is 2.75. The van der Waals surface area contributed by atoms with Crippen molar-refractivity contribution in [3.8, 4) is 0 Å². The normalized spacial score (nSPS) is 27.1. The number of nitrogens with one attached hydrogen (secondary N) is 1. The highest BCUT2D eigenvalue weighted by Gasteiger charge is 2.51. The van der Waals surface area contributed by atoms with Crippen LogP contribution in [0.5, 0.6) is 0 Å². The van der Waals surface area contributed by atoms with E-state index < -0.39 is 86.8 Å². The second-order valence-corrected chi connectivity index (χ2v) is 18.6. The van der Waals surface area contributed by atoms with E-state index in [9.17, 15) is 45.6 Å². The van der Waals surface area contributed by atoms with Crippen molar-refractivity contribution >= 4 is 5.91 Å². The first-order chi connectivity index (χ1) is 32.1. The Morgan fingerprint density at radius 1 is 0.545 bits per heavy atom. The molecule has 0 radical (unpaired) electrons. The Morgan fingerprint density at radius 2 is 1.00 bits per heavy atom. The van der Waals surface area contributed by atoms with Crippen molar-refractivity contribution in [1.29, 1.82) is 0 Å². The van der Waals surface area contributed by atoms with E-state index in [0.29, 0.717) is 6.42 Å². The number of carbonyl (C=O) groups excluding carboxylic acids is 1. The summed E-state index contributed by atoms with van der Waals surface area (Å²) in [6.07, 6.45) is 27.6. The number of hydrogen-bond donors (Lipinski definition) is 9. The number of unbranched alkanes of at least 4 members (excludes halogenated alkanes) is 23. The number of aliphatic hydroxyl groups excluding tert-OH is 8. The number of rotatable bonds is 40. The van der Waals surface area contributed by atoms with E-state index in [2.05, 4.69) is 43.5 Å². The Balaban J connectivity index is 1.79. The lowest BCUT2D eigenvalue weighted by molar-refractivity contribution is -0.359. The lowest BCUT2D eigenvalue weighted by atomic mass is 9.97. The summed E-state index contributed by atoms with van der Waals surface area (Å²) in [4.78, 5) is 13.2. The zero-order chi connectivity index (χ0) is 48.2. The quantitative estimate of drug-likeness (QED) is 0.0221. The Bertz CT molecular complexity index is 1250. The molecule has 14 heteroatoms. The van der Waals surface area contributed by atoms with Gasteiger partial charge in [-0.3, -0.25) is 4.79 Å². The fourth-order valence-electron chi connectivity index (χ4n) is 8.50. The molecule has 9 N–H and O–H groups in total. The fraction of sp³-hybridized carbons (Fsp3) is 0.865. The van der Waals surface area contributed by atoms with Crippen molar-refractivity contribution in [3.63, 3.8) is 0 Å². The summed E-state index contributed by atoms with van der Waals surface area (Å²) >= 11 is 0. The van der Waals surface area contributed by atoms with Crippen molar-refractivity contribution < 1.29 is 64.6 Å². The van der Waals surface area contributed by atoms with E-state index in [1.54, 1.807) is 6.08 Å². The fourth-order valence-corrected chi connectivity index (χ4v) is 8.50. The van der Waals surface area contributed by atoms with Crippen LogP contribution in [0.15, 0.2) is 36.5 Å². The van der Waals surface area contributed by atoms with Crippen molar-refractivity contribution in [2.24, 2.45) is 0 Å². The van der Waals surface area contributed by atoms with Crippen LogP contribution in [0.3, 0.4) is 0 Å². The number of allylic oxidation sites excluding steroid dienone is 5. The third kappa shape index (κ3) is 25.7. The van der Waals surface area contributed by atoms with Crippen LogP contribution < -0.4 is 5.32 Å². The summed E-state index contributed by atoms with van der Waals surface area (Å²) in [5.74, 6) is -0.246. The molecular weight excluding hydrogens is 847 g/mol. The number of carbonyl (C=O) groups is 1. The summed E-state index contributed by atoms with van der Waals surface area (Å²) in [6, 6.07) is -0.914. The maximum atomic E-state index is 13.2. The average Bonchev–Trinajstić information content (AvgIpc) is 3.31. The molecule has 14 nitrogen and oxygen atoms in total. The smallest absolute Gasteiger partial charge is 0.220 e. The molecule has 12 unspecified atom stereocenters. The SMILES string of the molecule is CCCCCCC/C=C\C/C=C\CCCCCCCCCCCC(=O)NC(COC1OC(CO)C(OC2OC(CO)C(O)C(O)C2O)C(O)C1O)C(O)/C=C/CCCCCCCCCCC. The molecule has 0 bridgehead atoms. The Labute approximate surface area is 398 Å². The van der Waals surface area contributed by atoms with Crippen LogP contribution in [0, 0.1) is 0 Å². The number of hydrogen-bond acceptors (Lipinski definition) is 13. The number of amides is 1. The first kappa shape index (κ1) is 60.3.